The maximum Gasteiger partial charge on any atom is 0.123 e. The van der Waals surface area contributed by atoms with E-state index in [4.69, 9.17) is 11.6 Å². The molecular formula is C18H26ClF. The van der Waals surface area contributed by atoms with Crippen LogP contribution in [0.2, 0.25) is 0 Å². The Bertz CT molecular complexity index is 439. The van der Waals surface area contributed by atoms with Crippen LogP contribution in [0.1, 0.15) is 52.0 Å². The predicted molar refractivity (Wildman–Crippen MR) is 84.7 cm³/mol. The van der Waals surface area contributed by atoms with Crippen LogP contribution in [0, 0.1) is 22.6 Å². The Morgan fingerprint density at radius 3 is 2.40 bits per heavy atom. The minimum Gasteiger partial charge on any atom is -0.207 e. The Hall–Kier alpha value is -0.560. The summed E-state index contributed by atoms with van der Waals surface area (Å²) in [5.41, 5.74) is 1.63. The van der Waals surface area contributed by atoms with Gasteiger partial charge in [-0.15, -0.1) is 11.6 Å². The highest BCUT2D eigenvalue weighted by atomic mass is 35.5. The van der Waals surface area contributed by atoms with Gasteiger partial charge in [-0.25, -0.2) is 4.39 Å². The molecule has 1 aliphatic carbocycles. The van der Waals surface area contributed by atoms with Gasteiger partial charge in [0.05, 0.1) is 0 Å². The summed E-state index contributed by atoms with van der Waals surface area (Å²) in [4.78, 5) is 0. The summed E-state index contributed by atoms with van der Waals surface area (Å²) in [6, 6.07) is 6.98. The molecule has 1 saturated carbocycles. The fourth-order valence-corrected chi connectivity index (χ4v) is 3.90. The van der Waals surface area contributed by atoms with E-state index in [9.17, 15) is 4.39 Å². The Labute approximate surface area is 127 Å². The Balaban J connectivity index is 2.05. The molecular weight excluding hydrogens is 271 g/mol. The first-order valence-electron chi connectivity index (χ1n) is 7.65. The summed E-state index contributed by atoms with van der Waals surface area (Å²) in [6.45, 7) is 6.99. The Morgan fingerprint density at radius 2 is 1.90 bits per heavy atom. The molecule has 0 spiro atoms. The third-order valence-electron chi connectivity index (χ3n) is 5.02. The maximum atomic E-state index is 13.3. The minimum absolute atomic E-state index is 0.143. The van der Waals surface area contributed by atoms with Crippen LogP contribution >= 0.6 is 11.6 Å². The maximum absolute atomic E-state index is 13.3. The number of hydrogen-bond acceptors (Lipinski definition) is 0. The van der Waals surface area contributed by atoms with Crippen LogP contribution in [-0.2, 0) is 6.42 Å². The van der Waals surface area contributed by atoms with Gasteiger partial charge in [-0.05, 0) is 66.5 Å². The summed E-state index contributed by atoms with van der Waals surface area (Å²) < 4.78 is 13.3. The van der Waals surface area contributed by atoms with Crippen molar-refractivity contribution in [1.29, 1.82) is 0 Å². The summed E-state index contributed by atoms with van der Waals surface area (Å²) in [5, 5.41) is 0. The van der Waals surface area contributed by atoms with E-state index in [0.717, 1.165) is 30.7 Å². The molecule has 1 fully saturated rings. The van der Waals surface area contributed by atoms with Gasteiger partial charge in [0.25, 0.3) is 0 Å². The monoisotopic (exact) mass is 296 g/mol. The van der Waals surface area contributed by atoms with E-state index in [1.54, 1.807) is 12.1 Å². The van der Waals surface area contributed by atoms with Crippen molar-refractivity contribution in [2.24, 2.45) is 16.7 Å². The van der Waals surface area contributed by atoms with Crippen molar-refractivity contribution in [1.82, 2.24) is 0 Å². The van der Waals surface area contributed by atoms with Gasteiger partial charge in [0.2, 0.25) is 0 Å². The summed E-state index contributed by atoms with van der Waals surface area (Å²) >= 11 is 6.30. The highest BCUT2D eigenvalue weighted by Crippen LogP contribution is 2.47. The van der Waals surface area contributed by atoms with Crippen LogP contribution < -0.4 is 0 Å². The van der Waals surface area contributed by atoms with E-state index in [1.807, 2.05) is 6.07 Å². The molecule has 0 radical (unpaired) electrons. The zero-order chi connectivity index (χ0) is 14.8. The molecule has 20 heavy (non-hydrogen) atoms. The summed E-state index contributed by atoms with van der Waals surface area (Å²) in [7, 11) is 0. The third kappa shape index (κ3) is 3.75. The van der Waals surface area contributed by atoms with Crippen molar-refractivity contribution < 1.29 is 4.39 Å². The smallest absolute Gasteiger partial charge is 0.123 e. The van der Waals surface area contributed by atoms with Crippen LogP contribution in [0.3, 0.4) is 0 Å². The molecule has 0 N–H and O–H groups in total. The van der Waals surface area contributed by atoms with Crippen molar-refractivity contribution >= 4 is 11.6 Å². The van der Waals surface area contributed by atoms with Crippen molar-refractivity contribution in [2.75, 3.05) is 5.88 Å². The van der Waals surface area contributed by atoms with Gasteiger partial charge >= 0.3 is 0 Å². The molecule has 2 rings (SSSR count). The van der Waals surface area contributed by atoms with Crippen LogP contribution in [-0.4, -0.2) is 5.88 Å². The molecule has 0 heterocycles. The van der Waals surface area contributed by atoms with E-state index in [2.05, 4.69) is 20.8 Å². The number of halogens is 2. The van der Waals surface area contributed by atoms with Crippen LogP contribution in [0.15, 0.2) is 24.3 Å². The number of rotatable bonds is 3. The van der Waals surface area contributed by atoms with Gasteiger partial charge in [0, 0.05) is 5.88 Å². The molecule has 0 amide bonds. The largest absolute Gasteiger partial charge is 0.207 e. The zero-order valence-corrected chi connectivity index (χ0v) is 13.6. The van der Waals surface area contributed by atoms with Crippen molar-refractivity contribution in [3.63, 3.8) is 0 Å². The van der Waals surface area contributed by atoms with Gasteiger partial charge < -0.3 is 0 Å². The molecule has 0 bridgehead atoms. The first kappa shape index (κ1) is 15.8. The predicted octanol–water partition coefficient (Wildman–Crippen LogP) is 5.83. The molecule has 0 unspecified atom stereocenters. The standard InChI is InChI=1S/C18H26ClF/c1-17(2,3)15-7-9-18(13-19,10-8-15)12-14-5-4-6-16(20)11-14/h4-6,11,15H,7-10,12-13H2,1-3H3. The van der Waals surface area contributed by atoms with E-state index in [0.29, 0.717) is 11.3 Å². The molecule has 0 aliphatic heterocycles. The van der Waals surface area contributed by atoms with Crippen molar-refractivity contribution in [3.05, 3.63) is 35.6 Å². The average Bonchev–Trinajstić information content (AvgIpc) is 2.38. The lowest BCUT2D eigenvalue weighted by Gasteiger charge is -2.43. The van der Waals surface area contributed by atoms with Crippen molar-refractivity contribution in [3.8, 4) is 0 Å². The SMILES string of the molecule is CC(C)(C)C1CCC(CCl)(Cc2cccc(F)c2)CC1. The van der Waals surface area contributed by atoms with Crippen LogP contribution in [0.25, 0.3) is 0 Å². The highest BCUT2D eigenvalue weighted by molar-refractivity contribution is 6.18. The van der Waals surface area contributed by atoms with E-state index in [-0.39, 0.29) is 11.2 Å². The van der Waals surface area contributed by atoms with E-state index >= 15 is 0 Å². The molecule has 0 nitrogen and oxygen atoms in total. The summed E-state index contributed by atoms with van der Waals surface area (Å²) in [5.74, 6) is 1.32. The third-order valence-corrected chi connectivity index (χ3v) is 5.59. The molecule has 0 aromatic heterocycles. The first-order valence-corrected chi connectivity index (χ1v) is 8.19. The molecule has 2 heteroatoms. The molecule has 0 saturated heterocycles. The fourth-order valence-electron chi connectivity index (χ4n) is 3.53. The lowest BCUT2D eigenvalue weighted by Crippen LogP contribution is -2.35. The molecule has 0 atom stereocenters. The fraction of sp³-hybridized carbons (Fsp3) is 0.667. The zero-order valence-electron chi connectivity index (χ0n) is 12.9. The number of alkyl halides is 1. The van der Waals surface area contributed by atoms with Crippen LogP contribution in [0.5, 0.6) is 0 Å². The van der Waals surface area contributed by atoms with Crippen LogP contribution in [0.4, 0.5) is 4.39 Å². The number of hydrogen-bond donors (Lipinski definition) is 0. The lowest BCUT2D eigenvalue weighted by molar-refractivity contribution is 0.102. The Morgan fingerprint density at radius 1 is 1.25 bits per heavy atom. The van der Waals surface area contributed by atoms with Crippen molar-refractivity contribution in [2.45, 2.75) is 52.9 Å². The molecule has 1 aromatic rings. The minimum atomic E-state index is -0.143. The average molecular weight is 297 g/mol. The number of benzene rings is 1. The second-order valence-electron chi connectivity index (χ2n) is 7.58. The molecule has 1 aromatic carbocycles. The second-order valence-corrected chi connectivity index (χ2v) is 7.85. The second kappa shape index (κ2) is 6.05. The normalized spacial score (nSPS) is 27.6. The quantitative estimate of drug-likeness (QED) is 0.616. The van der Waals surface area contributed by atoms with E-state index < -0.39 is 0 Å². The highest BCUT2D eigenvalue weighted by Gasteiger charge is 2.38. The van der Waals surface area contributed by atoms with Gasteiger partial charge in [-0.2, -0.15) is 0 Å². The van der Waals surface area contributed by atoms with Gasteiger partial charge in [0.1, 0.15) is 5.82 Å². The molecule has 112 valence electrons. The topological polar surface area (TPSA) is 0 Å². The van der Waals surface area contributed by atoms with E-state index in [1.165, 1.54) is 18.9 Å². The lowest BCUT2D eigenvalue weighted by atomic mass is 9.63. The molecule has 1 aliphatic rings. The van der Waals surface area contributed by atoms with Gasteiger partial charge in [0.15, 0.2) is 0 Å². The van der Waals surface area contributed by atoms with Gasteiger partial charge in [-0.1, -0.05) is 32.9 Å². The summed E-state index contributed by atoms with van der Waals surface area (Å²) in [6.07, 6.45) is 5.71. The van der Waals surface area contributed by atoms with Gasteiger partial charge in [-0.3, -0.25) is 0 Å². The first-order chi connectivity index (χ1) is 9.35. The Kier molecular flexibility index (Phi) is 4.79.